The molecule has 2 aromatic heterocycles. The van der Waals surface area contributed by atoms with Gasteiger partial charge in [-0.15, -0.1) is 0 Å². The minimum Gasteiger partial charge on any atom is -0.345 e. The summed E-state index contributed by atoms with van der Waals surface area (Å²) in [7, 11) is 1.98. The summed E-state index contributed by atoms with van der Waals surface area (Å²) >= 11 is 0. The Morgan fingerprint density at radius 1 is 1.21 bits per heavy atom. The molecule has 0 unspecified atom stereocenters. The molecule has 0 fully saturated rings. The number of rotatable bonds is 5. The molecule has 2 aromatic rings. The van der Waals surface area contributed by atoms with E-state index in [-0.39, 0.29) is 5.56 Å². The highest BCUT2D eigenvalue weighted by Crippen LogP contribution is 2.14. The summed E-state index contributed by atoms with van der Waals surface area (Å²) in [6.45, 7) is 6.65. The normalized spacial score (nSPS) is 14.3. The maximum absolute atomic E-state index is 12.3. The van der Waals surface area contributed by atoms with Crippen molar-refractivity contribution in [2.45, 2.75) is 39.5 Å². The van der Waals surface area contributed by atoms with Crippen LogP contribution < -0.4 is 15.8 Å². The predicted molar refractivity (Wildman–Crippen MR) is 94.8 cm³/mol. The number of nitrogens with one attached hydrogen (secondary N) is 3. The van der Waals surface area contributed by atoms with E-state index < -0.39 is 0 Å². The number of anilines is 1. The van der Waals surface area contributed by atoms with Gasteiger partial charge >= 0.3 is 0 Å². The summed E-state index contributed by atoms with van der Waals surface area (Å²) in [5.74, 6) is 0.668. The van der Waals surface area contributed by atoms with Crippen molar-refractivity contribution in [3.63, 3.8) is 0 Å². The van der Waals surface area contributed by atoms with E-state index in [1.807, 2.05) is 18.9 Å². The summed E-state index contributed by atoms with van der Waals surface area (Å²) in [4.78, 5) is 22.0. The minimum absolute atomic E-state index is 0.00655. The molecule has 0 spiro atoms. The van der Waals surface area contributed by atoms with Crippen molar-refractivity contribution in [2.24, 2.45) is 0 Å². The number of aromatic nitrogens is 4. The quantitative estimate of drug-likeness (QED) is 0.757. The number of H-pyrrole nitrogens is 2. The van der Waals surface area contributed by atoms with Gasteiger partial charge in [-0.1, -0.05) is 0 Å². The van der Waals surface area contributed by atoms with Gasteiger partial charge in [-0.2, -0.15) is 5.10 Å². The molecule has 130 valence electrons. The van der Waals surface area contributed by atoms with Gasteiger partial charge < -0.3 is 10.2 Å². The molecule has 7 nitrogen and oxygen atoms in total. The van der Waals surface area contributed by atoms with Gasteiger partial charge in [0.05, 0.1) is 11.4 Å². The maximum atomic E-state index is 12.3. The van der Waals surface area contributed by atoms with E-state index in [0.29, 0.717) is 5.95 Å². The van der Waals surface area contributed by atoms with Gasteiger partial charge in [0.25, 0.3) is 5.56 Å². The van der Waals surface area contributed by atoms with Crippen LogP contribution in [0.25, 0.3) is 0 Å². The van der Waals surface area contributed by atoms with Gasteiger partial charge in [0, 0.05) is 37.8 Å². The van der Waals surface area contributed by atoms with Crippen LogP contribution in [-0.4, -0.2) is 46.8 Å². The van der Waals surface area contributed by atoms with Crippen LogP contribution in [0, 0.1) is 13.8 Å². The van der Waals surface area contributed by atoms with Crippen LogP contribution in [0.4, 0.5) is 5.95 Å². The van der Waals surface area contributed by atoms with Gasteiger partial charge in [-0.3, -0.25) is 14.9 Å². The number of fused-ring (bicyclic) bond motifs is 1. The van der Waals surface area contributed by atoms with Gasteiger partial charge in [-0.25, -0.2) is 4.98 Å². The van der Waals surface area contributed by atoms with E-state index in [2.05, 4.69) is 27.4 Å². The van der Waals surface area contributed by atoms with E-state index in [4.69, 9.17) is 4.98 Å². The summed E-state index contributed by atoms with van der Waals surface area (Å²) in [5, 5.41) is 10.6. The van der Waals surface area contributed by atoms with Crippen LogP contribution in [0.3, 0.4) is 0 Å². The summed E-state index contributed by atoms with van der Waals surface area (Å²) in [6.07, 6.45) is 3.52. The number of hydrogen-bond acceptors (Lipinski definition) is 5. The number of hydrogen-bond donors (Lipinski definition) is 3. The average Bonchev–Trinajstić information content (AvgIpc) is 2.77. The van der Waals surface area contributed by atoms with Gasteiger partial charge in [0.15, 0.2) is 0 Å². The van der Waals surface area contributed by atoms with Crippen LogP contribution >= 0.6 is 0 Å². The van der Waals surface area contributed by atoms with Gasteiger partial charge in [0.1, 0.15) is 0 Å². The third-order valence-corrected chi connectivity index (χ3v) is 4.74. The van der Waals surface area contributed by atoms with Crippen LogP contribution in [0.2, 0.25) is 0 Å². The first-order valence-corrected chi connectivity index (χ1v) is 8.60. The third kappa shape index (κ3) is 3.51. The minimum atomic E-state index is 0.00655. The van der Waals surface area contributed by atoms with E-state index in [1.54, 1.807) is 0 Å². The SMILES string of the molecule is Cc1n[nH]c(C)c1CCCN(C)c1nc2c(c(=O)[nH]1)CCNCC2. The maximum Gasteiger partial charge on any atom is 0.255 e. The fourth-order valence-corrected chi connectivity index (χ4v) is 3.26. The molecule has 0 aliphatic carbocycles. The first kappa shape index (κ1) is 16.7. The van der Waals surface area contributed by atoms with E-state index in [9.17, 15) is 4.79 Å². The highest BCUT2D eigenvalue weighted by Gasteiger charge is 2.16. The topological polar surface area (TPSA) is 89.7 Å². The molecular weight excluding hydrogens is 304 g/mol. The second-order valence-electron chi connectivity index (χ2n) is 6.50. The van der Waals surface area contributed by atoms with Crippen molar-refractivity contribution in [3.8, 4) is 0 Å². The van der Waals surface area contributed by atoms with Crippen molar-refractivity contribution in [1.82, 2.24) is 25.5 Å². The molecular formula is C17H26N6O. The summed E-state index contributed by atoms with van der Waals surface area (Å²) in [6, 6.07) is 0. The van der Waals surface area contributed by atoms with Crippen molar-refractivity contribution in [2.75, 3.05) is 31.6 Å². The lowest BCUT2D eigenvalue weighted by Gasteiger charge is -2.19. The molecule has 3 heterocycles. The third-order valence-electron chi connectivity index (χ3n) is 4.74. The Morgan fingerprint density at radius 3 is 2.75 bits per heavy atom. The van der Waals surface area contributed by atoms with Crippen molar-refractivity contribution >= 4 is 5.95 Å². The fraction of sp³-hybridized carbons (Fsp3) is 0.588. The van der Waals surface area contributed by atoms with Crippen LogP contribution in [0.1, 0.15) is 34.6 Å². The van der Waals surface area contributed by atoms with Crippen LogP contribution in [0.15, 0.2) is 4.79 Å². The Hall–Kier alpha value is -2.15. The molecule has 0 saturated heterocycles. The van der Waals surface area contributed by atoms with Crippen molar-refractivity contribution < 1.29 is 0 Å². The predicted octanol–water partition coefficient (Wildman–Crippen LogP) is 0.867. The average molecular weight is 330 g/mol. The highest BCUT2D eigenvalue weighted by atomic mass is 16.1. The van der Waals surface area contributed by atoms with Crippen molar-refractivity contribution in [3.05, 3.63) is 38.6 Å². The molecule has 7 heteroatoms. The number of aromatic amines is 2. The lowest BCUT2D eigenvalue weighted by atomic mass is 10.1. The molecule has 0 aromatic carbocycles. The smallest absolute Gasteiger partial charge is 0.255 e. The molecule has 3 N–H and O–H groups in total. The first-order chi connectivity index (χ1) is 11.6. The Kier molecular flexibility index (Phi) is 4.99. The Labute approximate surface area is 141 Å². The first-order valence-electron chi connectivity index (χ1n) is 8.60. The van der Waals surface area contributed by atoms with E-state index in [1.165, 1.54) is 5.56 Å². The summed E-state index contributed by atoms with van der Waals surface area (Å²) < 4.78 is 0. The lowest BCUT2D eigenvalue weighted by Crippen LogP contribution is -2.27. The van der Waals surface area contributed by atoms with Crippen molar-refractivity contribution in [1.29, 1.82) is 0 Å². The monoisotopic (exact) mass is 330 g/mol. The second-order valence-corrected chi connectivity index (χ2v) is 6.50. The zero-order valence-electron chi connectivity index (χ0n) is 14.7. The molecule has 0 radical (unpaired) electrons. The standard InChI is InChI=1S/C17H26N6O/c1-11-13(12(2)22-21-11)5-4-10-23(3)17-19-15-7-9-18-8-6-14(15)16(24)20-17/h18H,4-10H2,1-3H3,(H,21,22)(H,19,20,24). The largest absolute Gasteiger partial charge is 0.345 e. The van der Waals surface area contributed by atoms with Gasteiger partial charge in [-0.05, 0) is 45.2 Å². The Balaban J connectivity index is 1.67. The van der Waals surface area contributed by atoms with E-state index >= 15 is 0 Å². The molecule has 0 bridgehead atoms. The molecule has 1 aliphatic rings. The van der Waals surface area contributed by atoms with Crippen LogP contribution in [-0.2, 0) is 19.3 Å². The fourth-order valence-electron chi connectivity index (χ4n) is 3.26. The van der Waals surface area contributed by atoms with Crippen LogP contribution in [0.5, 0.6) is 0 Å². The zero-order chi connectivity index (χ0) is 17.1. The lowest BCUT2D eigenvalue weighted by molar-refractivity contribution is 0.707. The molecule has 24 heavy (non-hydrogen) atoms. The van der Waals surface area contributed by atoms with Gasteiger partial charge in [0.2, 0.25) is 5.95 Å². The molecule has 3 rings (SSSR count). The van der Waals surface area contributed by atoms with E-state index in [0.717, 1.165) is 68.0 Å². The molecule has 0 saturated carbocycles. The molecule has 1 aliphatic heterocycles. The zero-order valence-corrected chi connectivity index (χ0v) is 14.7. The highest BCUT2D eigenvalue weighted by molar-refractivity contribution is 5.33. The number of aryl methyl sites for hydroxylation is 2. The summed E-state index contributed by atoms with van der Waals surface area (Å²) in [5.41, 5.74) is 5.28. The molecule has 0 amide bonds. The number of nitrogens with zero attached hydrogens (tertiary/aromatic N) is 3. The molecule has 0 atom stereocenters. The Bertz CT molecular complexity index is 743. The Morgan fingerprint density at radius 2 is 2.00 bits per heavy atom. The second kappa shape index (κ2) is 7.17.